The van der Waals surface area contributed by atoms with Gasteiger partial charge in [0.1, 0.15) is 5.82 Å². The Labute approximate surface area is 137 Å². The van der Waals surface area contributed by atoms with Gasteiger partial charge in [-0.25, -0.2) is 4.39 Å². The smallest absolute Gasteiger partial charge is 0.149 e. The molecule has 0 unspecified atom stereocenters. The minimum Gasteiger partial charge on any atom is -0.205 e. The summed E-state index contributed by atoms with van der Waals surface area (Å²) in [6.45, 7) is 10.6. The van der Waals surface area contributed by atoms with Gasteiger partial charge in [-0.1, -0.05) is 38.5 Å². The number of allylic oxidation sites excluding steroid dienone is 1. The molecule has 118 valence electrons. The summed E-state index contributed by atoms with van der Waals surface area (Å²) in [5, 5.41) is 0.804. The fourth-order valence-corrected chi connectivity index (χ4v) is 4.86. The highest BCUT2D eigenvalue weighted by atomic mass is 32.1. The number of rotatable bonds is 3. The van der Waals surface area contributed by atoms with E-state index < -0.39 is 0 Å². The van der Waals surface area contributed by atoms with Gasteiger partial charge in [0.25, 0.3) is 0 Å². The maximum atomic E-state index is 14.9. The Hall–Kier alpha value is -1.15. The first-order chi connectivity index (χ1) is 10.5. The van der Waals surface area contributed by atoms with Crippen LogP contribution in [0.15, 0.2) is 18.7 Å². The van der Waals surface area contributed by atoms with Crippen LogP contribution < -0.4 is 0 Å². The number of thiophene rings is 1. The topological polar surface area (TPSA) is 0 Å². The third-order valence-electron chi connectivity index (χ3n) is 5.18. The summed E-state index contributed by atoms with van der Waals surface area (Å²) in [6, 6.07) is 4.10. The van der Waals surface area contributed by atoms with Gasteiger partial charge < -0.3 is 0 Å². The molecule has 0 bridgehead atoms. The molecule has 1 aromatic heterocycles. The highest BCUT2D eigenvalue weighted by Crippen LogP contribution is 2.41. The summed E-state index contributed by atoms with van der Waals surface area (Å²) < 4.78 is 16.0. The largest absolute Gasteiger partial charge is 0.205 e. The lowest BCUT2D eigenvalue weighted by molar-refractivity contribution is 0.294. The number of hydrogen-bond acceptors (Lipinski definition) is 1. The van der Waals surface area contributed by atoms with Crippen molar-refractivity contribution in [1.29, 1.82) is 0 Å². The van der Waals surface area contributed by atoms with Crippen LogP contribution in [0.4, 0.5) is 4.39 Å². The molecule has 2 heteroatoms. The van der Waals surface area contributed by atoms with Crippen LogP contribution in [0.2, 0.25) is 0 Å². The normalized spacial score (nSPS) is 22.2. The molecule has 2 aromatic rings. The van der Waals surface area contributed by atoms with Crippen LogP contribution in [0.3, 0.4) is 0 Å². The van der Waals surface area contributed by atoms with E-state index in [1.807, 2.05) is 13.0 Å². The van der Waals surface area contributed by atoms with Gasteiger partial charge in [0.15, 0.2) is 0 Å². The average molecular weight is 316 g/mol. The van der Waals surface area contributed by atoms with E-state index in [1.165, 1.54) is 25.7 Å². The van der Waals surface area contributed by atoms with E-state index in [0.29, 0.717) is 5.92 Å². The van der Waals surface area contributed by atoms with Crippen molar-refractivity contribution in [3.63, 3.8) is 0 Å². The fourth-order valence-electron chi connectivity index (χ4n) is 3.65. The zero-order valence-corrected chi connectivity index (χ0v) is 14.7. The van der Waals surface area contributed by atoms with Crippen LogP contribution in [0.25, 0.3) is 15.7 Å². The van der Waals surface area contributed by atoms with Gasteiger partial charge in [-0.2, -0.15) is 0 Å². The average Bonchev–Trinajstić information content (AvgIpc) is 2.84. The fraction of sp³-hybridized carbons (Fsp3) is 0.500. The molecule has 0 atom stereocenters. The standard InChI is InChI=1S/C20H25FS/c1-12-5-9-16(10-6-12)11-15(4)20-18(21)17-13(2)7-8-14(3)19(17)22-20/h7-8,12,16H,4-6,9-11H2,1-3H3. The number of fused-ring (bicyclic) bond motifs is 1. The number of halogens is 1. The highest BCUT2D eigenvalue weighted by molar-refractivity contribution is 7.20. The van der Waals surface area contributed by atoms with Crippen molar-refractivity contribution in [3.05, 3.63) is 40.5 Å². The summed E-state index contributed by atoms with van der Waals surface area (Å²) in [5.74, 6) is 1.50. The van der Waals surface area contributed by atoms with Crippen molar-refractivity contribution in [2.75, 3.05) is 0 Å². The number of benzene rings is 1. The van der Waals surface area contributed by atoms with Crippen molar-refractivity contribution in [2.45, 2.75) is 52.9 Å². The summed E-state index contributed by atoms with van der Waals surface area (Å²) in [6.07, 6.45) is 6.11. The molecule has 0 amide bonds. The van der Waals surface area contributed by atoms with Gasteiger partial charge in [-0.05, 0) is 61.6 Å². The Bertz CT molecular complexity index is 702. The van der Waals surface area contributed by atoms with Gasteiger partial charge in [-0.3, -0.25) is 0 Å². The molecule has 1 saturated carbocycles. The third kappa shape index (κ3) is 2.86. The highest BCUT2D eigenvalue weighted by Gasteiger charge is 2.22. The molecule has 0 spiro atoms. The Balaban J connectivity index is 1.87. The number of aryl methyl sites for hydroxylation is 2. The van der Waals surface area contributed by atoms with E-state index in [1.54, 1.807) is 11.3 Å². The van der Waals surface area contributed by atoms with Crippen LogP contribution >= 0.6 is 11.3 Å². The molecule has 3 rings (SSSR count). The SMILES string of the molecule is C=C(CC1CCC(C)CC1)c1sc2c(C)ccc(C)c2c1F. The molecule has 1 fully saturated rings. The molecule has 0 aliphatic heterocycles. The van der Waals surface area contributed by atoms with E-state index in [2.05, 4.69) is 26.5 Å². The predicted octanol–water partition coefficient (Wildman–Crippen LogP) is 6.89. The second-order valence-electron chi connectivity index (χ2n) is 7.08. The third-order valence-corrected chi connectivity index (χ3v) is 6.58. The van der Waals surface area contributed by atoms with E-state index in [9.17, 15) is 4.39 Å². The molecular formula is C20H25FS. The molecule has 0 saturated heterocycles. The first-order valence-electron chi connectivity index (χ1n) is 8.33. The van der Waals surface area contributed by atoms with Crippen LogP contribution in [-0.4, -0.2) is 0 Å². The van der Waals surface area contributed by atoms with Gasteiger partial charge in [0.05, 0.1) is 4.88 Å². The van der Waals surface area contributed by atoms with Crippen molar-refractivity contribution in [2.24, 2.45) is 11.8 Å². The Kier molecular flexibility index (Phi) is 4.40. The lowest BCUT2D eigenvalue weighted by atomic mass is 9.80. The zero-order chi connectivity index (χ0) is 15.9. The molecule has 1 aliphatic rings. The van der Waals surface area contributed by atoms with Crippen molar-refractivity contribution in [1.82, 2.24) is 0 Å². The molecule has 0 nitrogen and oxygen atoms in total. The molecule has 1 aliphatic carbocycles. The lowest BCUT2D eigenvalue weighted by Crippen LogP contribution is -2.12. The van der Waals surface area contributed by atoms with Crippen LogP contribution in [0.1, 0.15) is 55.0 Å². The second kappa shape index (κ2) is 6.16. The van der Waals surface area contributed by atoms with E-state index in [0.717, 1.165) is 44.0 Å². The predicted molar refractivity (Wildman–Crippen MR) is 96.0 cm³/mol. The number of hydrogen-bond donors (Lipinski definition) is 0. The molecule has 0 radical (unpaired) electrons. The summed E-state index contributed by atoms with van der Waals surface area (Å²) >= 11 is 1.59. The minimum atomic E-state index is -0.0459. The Morgan fingerprint density at radius 2 is 1.82 bits per heavy atom. The maximum absolute atomic E-state index is 14.9. The van der Waals surface area contributed by atoms with Crippen LogP contribution in [0.5, 0.6) is 0 Å². The zero-order valence-electron chi connectivity index (χ0n) is 13.8. The van der Waals surface area contributed by atoms with Crippen LogP contribution in [0, 0.1) is 31.5 Å². The summed E-state index contributed by atoms with van der Waals surface area (Å²) in [5.41, 5.74) is 3.19. The molecular weight excluding hydrogens is 291 g/mol. The van der Waals surface area contributed by atoms with Crippen LogP contribution in [-0.2, 0) is 0 Å². The Morgan fingerprint density at radius 3 is 2.45 bits per heavy atom. The van der Waals surface area contributed by atoms with E-state index in [-0.39, 0.29) is 5.82 Å². The molecule has 1 heterocycles. The first-order valence-corrected chi connectivity index (χ1v) is 9.15. The minimum absolute atomic E-state index is 0.0459. The lowest BCUT2D eigenvalue weighted by Gasteiger charge is -2.26. The second-order valence-corrected chi connectivity index (χ2v) is 8.10. The maximum Gasteiger partial charge on any atom is 0.149 e. The Morgan fingerprint density at radius 1 is 1.18 bits per heavy atom. The van der Waals surface area contributed by atoms with Gasteiger partial charge >= 0.3 is 0 Å². The van der Waals surface area contributed by atoms with Gasteiger partial charge in [-0.15, -0.1) is 11.3 Å². The van der Waals surface area contributed by atoms with Gasteiger partial charge in [0, 0.05) is 10.1 Å². The monoisotopic (exact) mass is 316 g/mol. The van der Waals surface area contributed by atoms with E-state index >= 15 is 0 Å². The molecule has 22 heavy (non-hydrogen) atoms. The van der Waals surface area contributed by atoms with E-state index in [4.69, 9.17) is 0 Å². The first kappa shape index (κ1) is 15.7. The summed E-state index contributed by atoms with van der Waals surface area (Å²) in [7, 11) is 0. The van der Waals surface area contributed by atoms with Crippen molar-refractivity contribution < 1.29 is 4.39 Å². The molecule has 0 N–H and O–H groups in total. The molecule has 1 aromatic carbocycles. The van der Waals surface area contributed by atoms with Crippen molar-refractivity contribution in [3.8, 4) is 0 Å². The summed E-state index contributed by atoms with van der Waals surface area (Å²) in [4.78, 5) is 0.783. The quantitative estimate of drug-likeness (QED) is 0.578. The van der Waals surface area contributed by atoms with Crippen molar-refractivity contribution >= 4 is 27.0 Å². The van der Waals surface area contributed by atoms with Gasteiger partial charge in [0.2, 0.25) is 0 Å².